The van der Waals surface area contributed by atoms with Crippen LogP contribution in [0.5, 0.6) is 0 Å². The summed E-state index contributed by atoms with van der Waals surface area (Å²) in [5.74, 6) is 0. The van der Waals surface area contributed by atoms with E-state index >= 15 is 0 Å². The molecular weight excluding hydrogens is 156 g/mol. The van der Waals surface area contributed by atoms with E-state index in [0.717, 1.165) is 17.6 Å². The molecule has 2 aromatic rings. The first-order valence-electron chi connectivity index (χ1n) is 3.74. The van der Waals surface area contributed by atoms with E-state index < -0.39 is 0 Å². The molecule has 0 fully saturated rings. The molecule has 5 heteroatoms. The van der Waals surface area contributed by atoms with Crippen molar-refractivity contribution in [2.45, 2.75) is 13.3 Å². The van der Waals surface area contributed by atoms with Crippen LogP contribution in [0.1, 0.15) is 12.6 Å². The minimum atomic E-state index is -0.213. The van der Waals surface area contributed by atoms with E-state index in [9.17, 15) is 4.79 Å². The second-order valence-corrected chi connectivity index (χ2v) is 2.51. The van der Waals surface area contributed by atoms with Crippen molar-refractivity contribution in [1.29, 1.82) is 0 Å². The van der Waals surface area contributed by atoms with Gasteiger partial charge in [0.1, 0.15) is 0 Å². The fourth-order valence-corrected chi connectivity index (χ4v) is 1.18. The van der Waals surface area contributed by atoms with Crippen molar-refractivity contribution in [2.24, 2.45) is 0 Å². The Kier molecular flexibility index (Phi) is 1.43. The van der Waals surface area contributed by atoms with E-state index in [-0.39, 0.29) is 5.69 Å². The van der Waals surface area contributed by atoms with Gasteiger partial charge in [0.2, 0.25) is 0 Å². The quantitative estimate of drug-likeness (QED) is 0.632. The Morgan fingerprint density at radius 2 is 2.33 bits per heavy atom. The van der Waals surface area contributed by atoms with E-state index in [4.69, 9.17) is 0 Å². The number of nitrogens with zero attached hydrogens (tertiary/aromatic N) is 2. The summed E-state index contributed by atoms with van der Waals surface area (Å²) in [5.41, 5.74) is 2.07. The zero-order chi connectivity index (χ0) is 8.55. The number of aromatic nitrogens is 4. The highest BCUT2D eigenvalue weighted by molar-refractivity contribution is 5.75. The smallest absolute Gasteiger partial charge is 0.304 e. The molecule has 0 radical (unpaired) electrons. The normalized spacial score (nSPS) is 10.8. The SMILES string of the molecule is CCc1nncc2[nH]c(=O)[nH]c12. The molecule has 0 saturated heterocycles. The highest BCUT2D eigenvalue weighted by atomic mass is 16.1. The molecular formula is C7H8N4O. The van der Waals surface area contributed by atoms with Gasteiger partial charge >= 0.3 is 5.69 Å². The minimum absolute atomic E-state index is 0.213. The molecule has 2 rings (SSSR count). The zero-order valence-corrected chi connectivity index (χ0v) is 6.59. The van der Waals surface area contributed by atoms with E-state index in [2.05, 4.69) is 20.2 Å². The van der Waals surface area contributed by atoms with Crippen LogP contribution in [-0.2, 0) is 6.42 Å². The van der Waals surface area contributed by atoms with Gasteiger partial charge in [0.15, 0.2) is 0 Å². The summed E-state index contributed by atoms with van der Waals surface area (Å²) >= 11 is 0. The lowest BCUT2D eigenvalue weighted by Crippen LogP contribution is -1.99. The van der Waals surface area contributed by atoms with E-state index in [1.807, 2.05) is 6.92 Å². The van der Waals surface area contributed by atoms with Crippen molar-refractivity contribution in [3.05, 3.63) is 22.4 Å². The first kappa shape index (κ1) is 7.02. The van der Waals surface area contributed by atoms with Gasteiger partial charge in [-0.3, -0.25) is 0 Å². The number of hydrogen-bond acceptors (Lipinski definition) is 3. The number of aryl methyl sites for hydroxylation is 1. The maximum atomic E-state index is 10.9. The Hall–Kier alpha value is -1.65. The molecule has 0 bridgehead atoms. The molecule has 2 heterocycles. The fourth-order valence-electron chi connectivity index (χ4n) is 1.18. The van der Waals surface area contributed by atoms with E-state index in [1.54, 1.807) is 0 Å². The third kappa shape index (κ3) is 0.903. The predicted octanol–water partition coefficient (Wildman–Crippen LogP) is 0.209. The number of fused-ring (bicyclic) bond motifs is 1. The maximum absolute atomic E-state index is 10.9. The molecule has 0 unspecified atom stereocenters. The molecule has 62 valence electrons. The molecule has 0 atom stereocenters. The number of rotatable bonds is 1. The van der Waals surface area contributed by atoms with Crippen LogP contribution < -0.4 is 5.69 Å². The summed E-state index contributed by atoms with van der Waals surface area (Å²) in [6, 6.07) is 0. The topological polar surface area (TPSA) is 74.4 Å². The summed E-state index contributed by atoms with van der Waals surface area (Å²) in [7, 11) is 0. The standard InChI is InChI=1S/C7H8N4O/c1-2-4-6-5(3-8-11-4)9-7(12)10-6/h3H,2H2,1H3,(H2,9,10,12). The van der Waals surface area contributed by atoms with E-state index in [1.165, 1.54) is 6.20 Å². The summed E-state index contributed by atoms with van der Waals surface area (Å²) in [6.45, 7) is 1.97. The first-order valence-corrected chi connectivity index (χ1v) is 3.74. The predicted molar refractivity (Wildman–Crippen MR) is 43.9 cm³/mol. The van der Waals surface area contributed by atoms with Gasteiger partial charge in [-0.2, -0.15) is 10.2 Å². The van der Waals surface area contributed by atoms with Crippen LogP contribution in [0.25, 0.3) is 11.0 Å². The van der Waals surface area contributed by atoms with Crippen molar-refractivity contribution in [1.82, 2.24) is 20.2 Å². The lowest BCUT2D eigenvalue weighted by molar-refractivity contribution is 0.935. The average molecular weight is 164 g/mol. The van der Waals surface area contributed by atoms with Crippen molar-refractivity contribution >= 4 is 11.0 Å². The van der Waals surface area contributed by atoms with Crippen molar-refractivity contribution in [2.75, 3.05) is 0 Å². The molecule has 0 saturated carbocycles. The van der Waals surface area contributed by atoms with Crippen molar-refractivity contribution < 1.29 is 0 Å². The molecule has 2 aromatic heterocycles. The largest absolute Gasteiger partial charge is 0.323 e. The summed E-state index contributed by atoms with van der Waals surface area (Å²) in [5, 5.41) is 7.66. The Bertz CT molecular complexity index is 456. The monoisotopic (exact) mass is 164 g/mol. The van der Waals surface area contributed by atoms with Gasteiger partial charge in [0, 0.05) is 0 Å². The van der Waals surface area contributed by atoms with Gasteiger partial charge in [-0.15, -0.1) is 0 Å². The van der Waals surface area contributed by atoms with E-state index in [0.29, 0.717) is 5.52 Å². The number of nitrogens with one attached hydrogen (secondary N) is 2. The van der Waals surface area contributed by atoms with Gasteiger partial charge in [-0.25, -0.2) is 4.79 Å². The van der Waals surface area contributed by atoms with Gasteiger partial charge in [-0.1, -0.05) is 6.92 Å². The Balaban J connectivity index is 2.87. The van der Waals surface area contributed by atoms with Gasteiger partial charge in [-0.05, 0) is 6.42 Å². The van der Waals surface area contributed by atoms with Gasteiger partial charge in [0.25, 0.3) is 0 Å². The highest BCUT2D eigenvalue weighted by Gasteiger charge is 2.03. The summed E-state index contributed by atoms with van der Waals surface area (Å²) in [6.07, 6.45) is 2.30. The van der Waals surface area contributed by atoms with Crippen LogP contribution in [0, 0.1) is 0 Å². The van der Waals surface area contributed by atoms with Crippen molar-refractivity contribution in [3.8, 4) is 0 Å². The van der Waals surface area contributed by atoms with Crippen molar-refractivity contribution in [3.63, 3.8) is 0 Å². The highest BCUT2D eigenvalue weighted by Crippen LogP contribution is 2.07. The summed E-state index contributed by atoms with van der Waals surface area (Å²) in [4.78, 5) is 16.2. The molecule has 0 aliphatic carbocycles. The lowest BCUT2D eigenvalue weighted by atomic mass is 10.3. The number of aromatic amines is 2. The number of imidazole rings is 1. The molecule has 0 aliphatic rings. The van der Waals surface area contributed by atoms with Crippen LogP contribution in [-0.4, -0.2) is 20.2 Å². The first-order chi connectivity index (χ1) is 5.81. The van der Waals surface area contributed by atoms with Crippen LogP contribution >= 0.6 is 0 Å². The molecule has 0 aliphatic heterocycles. The van der Waals surface area contributed by atoms with Crippen LogP contribution in [0.2, 0.25) is 0 Å². The molecule has 12 heavy (non-hydrogen) atoms. The molecule has 0 amide bonds. The third-order valence-electron chi connectivity index (χ3n) is 1.74. The average Bonchev–Trinajstić information content (AvgIpc) is 2.44. The van der Waals surface area contributed by atoms with Gasteiger partial charge in [0.05, 0.1) is 22.9 Å². The Morgan fingerprint density at radius 3 is 3.08 bits per heavy atom. The summed E-state index contributed by atoms with van der Waals surface area (Å²) < 4.78 is 0. The lowest BCUT2D eigenvalue weighted by Gasteiger charge is -1.93. The molecule has 5 nitrogen and oxygen atoms in total. The molecule has 0 spiro atoms. The fraction of sp³-hybridized carbons (Fsp3) is 0.286. The number of hydrogen-bond donors (Lipinski definition) is 2. The zero-order valence-electron chi connectivity index (χ0n) is 6.59. The third-order valence-corrected chi connectivity index (χ3v) is 1.74. The second-order valence-electron chi connectivity index (χ2n) is 2.51. The molecule has 0 aromatic carbocycles. The van der Waals surface area contributed by atoms with Crippen LogP contribution in [0.4, 0.5) is 0 Å². The number of H-pyrrole nitrogens is 2. The molecule has 2 N–H and O–H groups in total. The Morgan fingerprint density at radius 1 is 1.50 bits per heavy atom. The van der Waals surface area contributed by atoms with Crippen LogP contribution in [0.3, 0.4) is 0 Å². The minimum Gasteiger partial charge on any atom is -0.304 e. The second kappa shape index (κ2) is 2.44. The van der Waals surface area contributed by atoms with Crippen LogP contribution in [0.15, 0.2) is 11.0 Å². The Labute approximate surface area is 67.8 Å². The maximum Gasteiger partial charge on any atom is 0.323 e. The van der Waals surface area contributed by atoms with Gasteiger partial charge < -0.3 is 9.97 Å².